The Kier molecular flexibility index (Phi) is 4.42. The van der Waals surface area contributed by atoms with E-state index < -0.39 is 0 Å². The number of anilines is 2. The van der Waals surface area contributed by atoms with E-state index in [9.17, 15) is 0 Å². The highest BCUT2D eigenvalue weighted by Crippen LogP contribution is 2.49. The fourth-order valence-corrected chi connectivity index (χ4v) is 5.96. The first kappa shape index (κ1) is 21.0. The van der Waals surface area contributed by atoms with Gasteiger partial charge in [-0.05, 0) is 64.7 Å². The lowest BCUT2D eigenvalue weighted by molar-refractivity contribution is 0.660. The molecule has 0 fully saturated rings. The van der Waals surface area contributed by atoms with Crippen LogP contribution >= 0.6 is 0 Å². The highest BCUT2D eigenvalue weighted by Gasteiger charge is 2.35. The van der Waals surface area contributed by atoms with E-state index in [0.29, 0.717) is 0 Å². The fourth-order valence-electron chi connectivity index (χ4n) is 5.96. The number of hydrogen-bond acceptors (Lipinski definition) is 2. The van der Waals surface area contributed by atoms with E-state index in [-0.39, 0.29) is 5.41 Å². The Hall–Kier alpha value is -4.34. The molecule has 0 saturated carbocycles. The van der Waals surface area contributed by atoms with Gasteiger partial charge >= 0.3 is 0 Å². The summed E-state index contributed by atoms with van der Waals surface area (Å²) in [6, 6.07) is 40.9. The van der Waals surface area contributed by atoms with E-state index in [1.54, 1.807) is 0 Å². The summed E-state index contributed by atoms with van der Waals surface area (Å²) in [4.78, 5) is 0. The first-order chi connectivity index (χ1) is 17.5. The Labute approximate surface area is 211 Å². The predicted octanol–water partition coefficient (Wildman–Crippen LogP) is 8.10. The van der Waals surface area contributed by atoms with Gasteiger partial charge in [0.1, 0.15) is 0 Å². The Balaban J connectivity index is 1.38. The van der Waals surface area contributed by atoms with Crippen molar-refractivity contribution < 1.29 is 0 Å². The Morgan fingerprint density at radius 2 is 1.22 bits per heavy atom. The minimum atomic E-state index is -0.0630. The maximum Gasteiger partial charge on any atom is 0.0596 e. The van der Waals surface area contributed by atoms with E-state index in [0.717, 1.165) is 22.6 Å². The molecule has 1 aliphatic carbocycles. The second-order valence-electron chi connectivity index (χ2n) is 10.2. The lowest BCUT2D eigenvalue weighted by atomic mass is 9.82. The zero-order valence-electron chi connectivity index (χ0n) is 20.4. The summed E-state index contributed by atoms with van der Waals surface area (Å²) in [6.45, 7) is 4.60. The van der Waals surface area contributed by atoms with Gasteiger partial charge in [0.25, 0.3) is 0 Å². The van der Waals surface area contributed by atoms with Crippen molar-refractivity contribution in [3.8, 4) is 16.8 Å². The SMILES string of the molecule is CC1(C)c2ccccc2-c2ccc(N(N)c3ccc4c5ccccc5n(-c5ccccc5)c4c3)cc21. The Morgan fingerprint density at radius 3 is 2.08 bits per heavy atom. The van der Waals surface area contributed by atoms with Crippen molar-refractivity contribution in [1.29, 1.82) is 0 Å². The molecule has 0 amide bonds. The maximum atomic E-state index is 6.80. The van der Waals surface area contributed by atoms with Crippen molar-refractivity contribution in [3.05, 3.63) is 126 Å². The molecule has 2 N–H and O–H groups in total. The van der Waals surface area contributed by atoms with Crippen molar-refractivity contribution in [1.82, 2.24) is 4.57 Å². The van der Waals surface area contributed by atoms with Crippen molar-refractivity contribution in [2.45, 2.75) is 19.3 Å². The fraction of sp³-hybridized carbons (Fsp3) is 0.0909. The van der Waals surface area contributed by atoms with Crippen LogP contribution in [0.1, 0.15) is 25.0 Å². The van der Waals surface area contributed by atoms with Crippen LogP contribution in [0.25, 0.3) is 38.6 Å². The third kappa shape index (κ3) is 2.90. The number of nitrogens with two attached hydrogens (primary N) is 1. The largest absolute Gasteiger partial charge is 0.309 e. The Bertz CT molecular complexity index is 1780. The number of benzene rings is 5. The van der Waals surface area contributed by atoms with Crippen molar-refractivity contribution in [3.63, 3.8) is 0 Å². The first-order valence-electron chi connectivity index (χ1n) is 12.4. The molecule has 1 aliphatic rings. The van der Waals surface area contributed by atoms with E-state index in [4.69, 9.17) is 5.84 Å². The summed E-state index contributed by atoms with van der Waals surface area (Å²) in [7, 11) is 0. The molecule has 3 nitrogen and oxygen atoms in total. The van der Waals surface area contributed by atoms with E-state index in [2.05, 4.69) is 134 Å². The number of fused-ring (bicyclic) bond motifs is 6. The molecule has 174 valence electrons. The molecule has 0 spiro atoms. The van der Waals surface area contributed by atoms with Gasteiger partial charge in [0, 0.05) is 21.9 Å². The molecule has 0 unspecified atom stereocenters. The highest BCUT2D eigenvalue weighted by molar-refractivity contribution is 6.10. The standard InChI is InChI=1S/C33H27N3/c1-33(2)29-14-8-6-12-25(29)26-18-16-23(20-30(26)33)36(34)24-17-19-28-27-13-7-9-15-31(27)35(32(28)21-24)22-10-4-3-5-11-22/h3-21H,34H2,1-2H3. The maximum absolute atomic E-state index is 6.80. The van der Waals surface area contributed by atoms with Crippen LogP contribution in [0.3, 0.4) is 0 Å². The van der Waals surface area contributed by atoms with Crippen LogP contribution in [0.5, 0.6) is 0 Å². The van der Waals surface area contributed by atoms with Crippen LogP contribution in [-0.4, -0.2) is 4.57 Å². The lowest BCUT2D eigenvalue weighted by Gasteiger charge is -2.24. The van der Waals surface area contributed by atoms with E-state index in [1.807, 2.05) is 5.01 Å². The average Bonchev–Trinajstić information content (AvgIpc) is 3.37. The van der Waals surface area contributed by atoms with Gasteiger partial charge in [-0.1, -0.05) is 86.6 Å². The van der Waals surface area contributed by atoms with Crippen LogP contribution in [0.2, 0.25) is 0 Å². The summed E-state index contributed by atoms with van der Waals surface area (Å²) >= 11 is 0. The third-order valence-corrected chi connectivity index (χ3v) is 7.80. The molecule has 3 heteroatoms. The van der Waals surface area contributed by atoms with Crippen LogP contribution in [-0.2, 0) is 5.41 Å². The highest BCUT2D eigenvalue weighted by atomic mass is 15.4. The summed E-state index contributed by atoms with van der Waals surface area (Å²) in [5.41, 5.74) is 10.7. The van der Waals surface area contributed by atoms with Gasteiger partial charge in [-0.2, -0.15) is 0 Å². The van der Waals surface area contributed by atoms with Gasteiger partial charge in [0.05, 0.1) is 22.4 Å². The number of hydrogen-bond donors (Lipinski definition) is 1. The predicted molar refractivity (Wildman–Crippen MR) is 151 cm³/mol. The van der Waals surface area contributed by atoms with E-state index in [1.165, 1.54) is 38.5 Å². The van der Waals surface area contributed by atoms with Gasteiger partial charge in [0.2, 0.25) is 0 Å². The first-order valence-corrected chi connectivity index (χ1v) is 12.4. The van der Waals surface area contributed by atoms with Crippen LogP contribution in [0.15, 0.2) is 115 Å². The molecule has 1 heterocycles. The molecular formula is C33H27N3. The molecule has 5 aromatic carbocycles. The summed E-state index contributed by atoms with van der Waals surface area (Å²) in [5.74, 6) is 6.80. The minimum Gasteiger partial charge on any atom is -0.309 e. The summed E-state index contributed by atoms with van der Waals surface area (Å²) in [5, 5.41) is 4.27. The third-order valence-electron chi connectivity index (χ3n) is 7.80. The molecular weight excluding hydrogens is 438 g/mol. The molecule has 7 rings (SSSR count). The monoisotopic (exact) mass is 465 g/mol. The van der Waals surface area contributed by atoms with Crippen LogP contribution < -0.4 is 10.9 Å². The molecule has 0 saturated heterocycles. The van der Waals surface area contributed by atoms with Crippen LogP contribution in [0, 0.1) is 0 Å². The van der Waals surface area contributed by atoms with Gasteiger partial charge in [-0.15, -0.1) is 0 Å². The molecule has 6 aromatic rings. The van der Waals surface area contributed by atoms with E-state index >= 15 is 0 Å². The van der Waals surface area contributed by atoms with Gasteiger partial charge in [0.15, 0.2) is 0 Å². The second kappa shape index (κ2) is 7.58. The zero-order chi connectivity index (χ0) is 24.4. The second-order valence-corrected chi connectivity index (χ2v) is 10.2. The Morgan fingerprint density at radius 1 is 0.583 bits per heavy atom. The van der Waals surface area contributed by atoms with Gasteiger partial charge in [-0.25, -0.2) is 5.84 Å². The lowest BCUT2D eigenvalue weighted by Crippen LogP contribution is -2.25. The molecule has 0 bridgehead atoms. The number of rotatable bonds is 3. The smallest absolute Gasteiger partial charge is 0.0596 e. The molecule has 0 radical (unpaired) electrons. The van der Waals surface area contributed by atoms with Crippen molar-refractivity contribution in [2.24, 2.45) is 5.84 Å². The molecule has 36 heavy (non-hydrogen) atoms. The summed E-state index contributed by atoms with van der Waals surface area (Å²) < 4.78 is 2.32. The van der Waals surface area contributed by atoms with Crippen LogP contribution in [0.4, 0.5) is 11.4 Å². The number of aromatic nitrogens is 1. The van der Waals surface area contributed by atoms with Gasteiger partial charge in [-0.3, -0.25) is 5.01 Å². The minimum absolute atomic E-state index is 0.0630. The molecule has 1 aromatic heterocycles. The number of hydrazine groups is 1. The number of nitrogens with zero attached hydrogens (tertiary/aromatic N) is 2. The number of para-hydroxylation sites is 2. The normalized spacial score (nSPS) is 13.6. The topological polar surface area (TPSA) is 34.2 Å². The molecule has 0 atom stereocenters. The summed E-state index contributed by atoms with van der Waals surface area (Å²) in [6.07, 6.45) is 0. The zero-order valence-corrected chi connectivity index (χ0v) is 20.4. The van der Waals surface area contributed by atoms with Crippen molar-refractivity contribution >= 4 is 33.2 Å². The average molecular weight is 466 g/mol. The van der Waals surface area contributed by atoms with Crippen molar-refractivity contribution in [2.75, 3.05) is 5.01 Å². The van der Waals surface area contributed by atoms with Gasteiger partial charge < -0.3 is 4.57 Å². The quantitative estimate of drug-likeness (QED) is 0.212. The molecule has 0 aliphatic heterocycles.